The predicted molar refractivity (Wildman–Crippen MR) is 82.9 cm³/mol. The Kier molecular flexibility index (Phi) is 5.63. The van der Waals surface area contributed by atoms with Crippen LogP contribution in [0.2, 0.25) is 0 Å². The Bertz CT molecular complexity index is 744. The molecule has 0 fully saturated rings. The van der Waals surface area contributed by atoms with E-state index in [0.717, 1.165) is 16.8 Å². The van der Waals surface area contributed by atoms with Crippen molar-refractivity contribution < 1.29 is 17.5 Å². The molecular weight excluding hydrogens is 327 g/mol. The third-order valence-corrected chi connectivity index (χ3v) is 5.31. The van der Waals surface area contributed by atoms with Gasteiger partial charge in [0.05, 0.1) is 17.2 Å². The monoisotopic (exact) mass is 344 g/mol. The highest BCUT2D eigenvalue weighted by Crippen LogP contribution is 2.14. The van der Waals surface area contributed by atoms with Gasteiger partial charge >= 0.3 is 0 Å². The maximum absolute atomic E-state index is 13.2. The molecule has 1 N–H and O–H groups in total. The summed E-state index contributed by atoms with van der Waals surface area (Å²) < 4.78 is 44.9. The van der Waals surface area contributed by atoms with Gasteiger partial charge in [-0.2, -0.15) is 0 Å². The summed E-state index contributed by atoms with van der Waals surface area (Å²) in [5.41, 5.74) is 1.11. The van der Waals surface area contributed by atoms with Crippen molar-refractivity contribution in [1.82, 2.24) is 9.71 Å². The second-order valence-electron chi connectivity index (χ2n) is 4.72. The van der Waals surface area contributed by atoms with Gasteiger partial charge in [-0.1, -0.05) is 0 Å². The van der Waals surface area contributed by atoms with Crippen molar-refractivity contribution in [3.05, 3.63) is 45.7 Å². The van der Waals surface area contributed by atoms with Crippen LogP contribution in [0, 0.1) is 12.7 Å². The van der Waals surface area contributed by atoms with E-state index in [1.54, 1.807) is 7.11 Å². The van der Waals surface area contributed by atoms with Gasteiger partial charge in [0, 0.05) is 25.5 Å². The summed E-state index contributed by atoms with van der Waals surface area (Å²) in [4.78, 5) is 4.39. The number of hydrogen-bond acceptors (Lipinski definition) is 5. The van der Waals surface area contributed by atoms with Crippen LogP contribution in [-0.2, 0) is 27.8 Å². The number of nitrogens with zero attached hydrogens (tertiary/aromatic N) is 1. The molecule has 0 aliphatic carbocycles. The molecule has 0 radical (unpaired) electrons. The fraction of sp³-hybridized carbons (Fsp3) is 0.357. The Morgan fingerprint density at radius 3 is 2.86 bits per heavy atom. The molecule has 120 valence electrons. The summed E-state index contributed by atoms with van der Waals surface area (Å²) in [6, 6.07) is 3.72. The Hall–Kier alpha value is -1.35. The lowest BCUT2D eigenvalue weighted by molar-refractivity contribution is 0.184. The normalized spacial score (nSPS) is 11.8. The number of sulfonamides is 1. The zero-order valence-electron chi connectivity index (χ0n) is 12.3. The first-order valence-corrected chi connectivity index (χ1v) is 8.96. The molecule has 1 aromatic carbocycles. The number of thiazole rings is 1. The summed E-state index contributed by atoms with van der Waals surface area (Å²) in [5, 5.41) is 2.74. The predicted octanol–water partition coefficient (Wildman–Crippen LogP) is 2.26. The van der Waals surface area contributed by atoms with Gasteiger partial charge in [-0.3, -0.25) is 0 Å². The quantitative estimate of drug-likeness (QED) is 0.836. The van der Waals surface area contributed by atoms with E-state index < -0.39 is 15.8 Å². The Morgan fingerprint density at radius 1 is 1.41 bits per heavy atom. The number of rotatable bonds is 7. The van der Waals surface area contributed by atoms with Crippen LogP contribution in [0.4, 0.5) is 4.39 Å². The maximum Gasteiger partial charge on any atom is 0.240 e. The van der Waals surface area contributed by atoms with Crippen molar-refractivity contribution in [2.24, 2.45) is 0 Å². The second kappa shape index (κ2) is 7.28. The standard InChI is InChI=1S/C14H17FN2O3S2/c1-10-7-12(3-4-13(10)15)22(18,19)16-6-5-11-9-21-14(17-11)8-20-2/h3-4,7,9,16H,5-6,8H2,1-2H3. The summed E-state index contributed by atoms with van der Waals surface area (Å²) in [7, 11) is -2.04. The molecule has 0 aliphatic rings. The molecule has 8 heteroatoms. The molecule has 0 spiro atoms. The maximum atomic E-state index is 13.2. The van der Waals surface area contributed by atoms with E-state index in [1.807, 2.05) is 5.38 Å². The van der Waals surface area contributed by atoms with Gasteiger partial charge in [0.1, 0.15) is 10.8 Å². The van der Waals surface area contributed by atoms with E-state index in [1.165, 1.54) is 30.4 Å². The van der Waals surface area contributed by atoms with Crippen LogP contribution < -0.4 is 4.72 Å². The molecule has 1 heterocycles. The molecule has 0 saturated carbocycles. The zero-order valence-corrected chi connectivity index (χ0v) is 13.9. The first kappa shape index (κ1) is 17.0. The van der Waals surface area contributed by atoms with Crippen LogP contribution in [-0.4, -0.2) is 27.1 Å². The minimum Gasteiger partial charge on any atom is -0.378 e. The van der Waals surface area contributed by atoms with E-state index in [4.69, 9.17) is 4.74 Å². The summed E-state index contributed by atoms with van der Waals surface area (Å²) in [6.45, 7) is 2.21. The molecule has 0 aliphatic heterocycles. The highest BCUT2D eigenvalue weighted by Gasteiger charge is 2.15. The van der Waals surface area contributed by atoms with Crippen molar-refractivity contribution in [3.63, 3.8) is 0 Å². The fourth-order valence-electron chi connectivity index (χ4n) is 1.83. The topological polar surface area (TPSA) is 68.3 Å². The van der Waals surface area contributed by atoms with Crippen LogP contribution in [0.5, 0.6) is 0 Å². The van der Waals surface area contributed by atoms with E-state index in [2.05, 4.69) is 9.71 Å². The third-order valence-electron chi connectivity index (χ3n) is 2.98. The summed E-state index contributed by atoms with van der Waals surface area (Å²) in [5.74, 6) is -0.424. The van der Waals surface area contributed by atoms with Gasteiger partial charge in [0.15, 0.2) is 0 Å². The molecule has 0 saturated heterocycles. The van der Waals surface area contributed by atoms with Gasteiger partial charge < -0.3 is 4.74 Å². The highest BCUT2D eigenvalue weighted by atomic mass is 32.2. The number of ether oxygens (including phenoxy) is 1. The van der Waals surface area contributed by atoms with Gasteiger partial charge in [-0.15, -0.1) is 11.3 Å². The molecule has 5 nitrogen and oxygen atoms in total. The van der Waals surface area contributed by atoms with Gasteiger partial charge in [0.2, 0.25) is 10.0 Å². The van der Waals surface area contributed by atoms with Crippen molar-refractivity contribution >= 4 is 21.4 Å². The Balaban J connectivity index is 1.95. The first-order chi connectivity index (χ1) is 10.4. The molecule has 0 amide bonds. The van der Waals surface area contributed by atoms with E-state index >= 15 is 0 Å². The van der Waals surface area contributed by atoms with Crippen LogP contribution in [0.1, 0.15) is 16.3 Å². The van der Waals surface area contributed by atoms with Crippen molar-refractivity contribution in [2.75, 3.05) is 13.7 Å². The molecule has 0 atom stereocenters. The highest BCUT2D eigenvalue weighted by molar-refractivity contribution is 7.89. The zero-order chi connectivity index (χ0) is 16.2. The van der Waals surface area contributed by atoms with Gasteiger partial charge in [0.25, 0.3) is 0 Å². The number of aryl methyl sites for hydroxylation is 1. The van der Waals surface area contributed by atoms with E-state index in [9.17, 15) is 12.8 Å². The minimum absolute atomic E-state index is 0.0600. The molecule has 2 aromatic rings. The molecular formula is C14H17FN2O3S2. The van der Waals surface area contributed by atoms with Gasteiger partial charge in [-0.25, -0.2) is 22.5 Å². The number of methoxy groups -OCH3 is 1. The molecule has 1 aromatic heterocycles. The SMILES string of the molecule is COCc1nc(CCNS(=O)(=O)c2ccc(F)c(C)c2)cs1. The molecule has 0 bridgehead atoms. The second-order valence-corrected chi connectivity index (χ2v) is 7.43. The lowest BCUT2D eigenvalue weighted by Crippen LogP contribution is -2.26. The smallest absolute Gasteiger partial charge is 0.240 e. The number of halogens is 1. The summed E-state index contributed by atoms with van der Waals surface area (Å²) >= 11 is 1.48. The lowest BCUT2D eigenvalue weighted by atomic mass is 10.2. The van der Waals surface area contributed by atoms with E-state index in [0.29, 0.717) is 18.6 Å². The largest absolute Gasteiger partial charge is 0.378 e. The van der Waals surface area contributed by atoms with Crippen molar-refractivity contribution in [3.8, 4) is 0 Å². The van der Waals surface area contributed by atoms with Crippen molar-refractivity contribution in [1.29, 1.82) is 0 Å². The minimum atomic E-state index is -3.64. The lowest BCUT2D eigenvalue weighted by Gasteiger charge is -2.07. The Labute approximate surface area is 133 Å². The van der Waals surface area contributed by atoms with Crippen molar-refractivity contribution in [2.45, 2.75) is 24.8 Å². The molecule has 2 rings (SSSR count). The average Bonchev–Trinajstić information content (AvgIpc) is 2.89. The fourth-order valence-corrected chi connectivity index (χ4v) is 3.75. The number of nitrogens with one attached hydrogen (secondary N) is 1. The number of benzene rings is 1. The van der Waals surface area contributed by atoms with Crippen LogP contribution >= 0.6 is 11.3 Å². The van der Waals surface area contributed by atoms with Crippen LogP contribution in [0.3, 0.4) is 0 Å². The number of hydrogen-bond donors (Lipinski definition) is 1. The number of aromatic nitrogens is 1. The van der Waals surface area contributed by atoms with Crippen LogP contribution in [0.15, 0.2) is 28.5 Å². The third kappa shape index (κ3) is 4.33. The van der Waals surface area contributed by atoms with E-state index in [-0.39, 0.29) is 11.4 Å². The van der Waals surface area contributed by atoms with Gasteiger partial charge in [-0.05, 0) is 30.7 Å². The molecule has 22 heavy (non-hydrogen) atoms. The Morgan fingerprint density at radius 2 is 2.18 bits per heavy atom. The van der Waals surface area contributed by atoms with Crippen LogP contribution in [0.25, 0.3) is 0 Å². The summed E-state index contributed by atoms with van der Waals surface area (Å²) in [6.07, 6.45) is 0.486. The molecule has 0 unspecified atom stereocenters. The average molecular weight is 344 g/mol. The first-order valence-electron chi connectivity index (χ1n) is 6.60.